The number of fused-ring (bicyclic) bond motifs is 1. The molecule has 0 saturated heterocycles. The molecule has 0 spiro atoms. The standard InChI is InChI=1S/C17H14F3N3O3/c1-9-10(2)26-15-14(9)16(25)23(8-21-15)7-13(24)22-12-6-4-3-5-11(12)17(18,19)20/h3-6,8H,7H2,1-2H3,(H,22,24). The maximum Gasteiger partial charge on any atom is 0.418 e. The van der Waals surface area contributed by atoms with Crippen molar-refractivity contribution >= 4 is 22.7 Å². The average molecular weight is 365 g/mol. The number of aromatic nitrogens is 2. The lowest BCUT2D eigenvalue weighted by Gasteiger charge is -2.13. The molecule has 0 radical (unpaired) electrons. The van der Waals surface area contributed by atoms with Gasteiger partial charge >= 0.3 is 6.18 Å². The Morgan fingerprint density at radius 3 is 2.65 bits per heavy atom. The van der Waals surface area contributed by atoms with Crippen LogP contribution in [0, 0.1) is 13.8 Å². The number of halogens is 3. The number of furan rings is 1. The van der Waals surface area contributed by atoms with Crippen LogP contribution in [-0.4, -0.2) is 15.5 Å². The summed E-state index contributed by atoms with van der Waals surface area (Å²) in [6, 6.07) is 4.62. The maximum absolute atomic E-state index is 13.0. The Labute approximate surface area is 145 Å². The second-order valence-electron chi connectivity index (χ2n) is 5.73. The minimum absolute atomic E-state index is 0.157. The lowest BCUT2D eigenvalue weighted by molar-refractivity contribution is -0.137. The van der Waals surface area contributed by atoms with Gasteiger partial charge in [-0.2, -0.15) is 13.2 Å². The van der Waals surface area contributed by atoms with E-state index < -0.39 is 29.8 Å². The number of nitrogens with zero attached hydrogens (tertiary/aromatic N) is 2. The number of aryl methyl sites for hydroxylation is 2. The second-order valence-corrected chi connectivity index (χ2v) is 5.73. The van der Waals surface area contributed by atoms with Gasteiger partial charge in [0.05, 0.1) is 11.3 Å². The zero-order valence-corrected chi connectivity index (χ0v) is 13.8. The molecule has 1 aromatic carbocycles. The number of nitrogens with one attached hydrogen (secondary N) is 1. The van der Waals surface area contributed by atoms with E-state index in [1.54, 1.807) is 13.8 Å². The molecule has 6 nitrogen and oxygen atoms in total. The smallest absolute Gasteiger partial charge is 0.418 e. The van der Waals surface area contributed by atoms with E-state index in [1.807, 2.05) is 0 Å². The number of carbonyl (C=O) groups excluding carboxylic acids is 1. The number of benzene rings is 1. The van der Waals surface area contributed by atoms with Crippen molar-refractivity contribution in [2.45, 2.75) is 26.6 Å². The summed E-state index contributed by atoms with van der Waals surface area (Å²) in [7, 11) is 0. The lowest BCUT2D eigenvalue weighted by atomic mass is 10.1. The van der Waals surface area contributed by atoms with Crippen molar-refractivity contribution in [1.29, 1.82) is 0 Å². The van der Waals surface area contributed by atoms with E-state index >= 15 is 0 Å². The van der Waals surface area contributed by atoms with Gasteiger partial charge in [0.2, 0.25) is 11.6 Å². The summed E-state index contributed by atoms with van der Waals surface area (Å²) in [6.45, 7) is 2.90. The van der Waals surface area contributed by atoms with Gasteiger partial charge in [-0.25, -0.2) is 4.98 Å². The first-order valence-electron chi connectivity index (χ1n) is 7.59. The van der Waals surface area contributed by atoms with Crippen molar-refractivity contribution < 1.29 is 22.4 Å². The number of carbonyl (C=O) groups is 1. The number of rotatable bonds is 3. The van der Waals surface area contributed by atoms with Crippen molar-refractivity contribution in [1.82, 2.24) is 9.55 Å². The summed E-state index contributed by atoms with van der Waals surface area (Å²) in [5.74, 6) is -0.242. The predicted molar refractivity (Wildman–Crippen MR) is 87.8 cm³/mol. The molecule has 0 bridgehead atoms. The van der Waals surface area contributed by atoms with Gasteiger partial charge in [-0.3, -0.25) is 14.2 Å². The molecule has 3 rings (SSSR count). The topological polar surface area (TPSA) is 77.1 Å². The van der Waals surface area contributed by atoms with E-state index in [0.717, 1.165) is 23.0 Å². The van der Waals surface area contributed by atoms with Crippen LogP contribution in [0.15, 0.2) is 39.8 Å². The summed E-state index contributed by atoms with van der Waals surface area (Å²) >= 11 is 0. The molecule has 2 aromatic heterocycles. The molecular weight excluding hydrogens is 351 g/mol. The first kappa shape index (κ1) is 17.7. The fourth-order valence-corrected chi connectivity index (χ4v) is 2.57. The van der Waals surface area contributed by atoms with Gasteiger partial charge in [-0.1, -0.05) is 12.1 Å². The van der Waals surface area contributed by atoms with Crippen LogP contribution in [0.5, 0.6) is 0 Å². The molecule has 0 aliphatic heterocycles. The second kappa shape index (κ2) is 6.32. The van der Waals surface area contributed by atoms with Crippen LogP contribution >= 0.6 is 0 Å². The SMILES string of the molecule is Cc1oc2ncn(CC(=O)Nc3ccccc3C(F)(F)F)c(=O)c2c1C. The van der Waals surface area contributed by atoms with Crippen LogP contribution in [0.4, 0.5) is 18.9 Å². The Hall–Kier alpha value is -3.10. The molecule has 26 heavy (non-hydrogen) atoms. The fourth-order valence-electron chi connectivity index (χ4n) is 2.57. The minimum Gasteiger partial charge on any atom is -0.443 e. The third-order valence-electron chi connectivity index (χ3n) is 3.98. The molecule has 0 unspecified atom stereocenters. The van der Waals surface area contributed by atoms with Gasteiger partial charge in [0.15, 0.2) is 0 Å². The van der Waals surface area contributed by atoms with Crippen LogP contribution in [-0.2, 0) is 17.5 Å². The molecule has 9 heteroatoms. The summed E-state index contributed by atoms with van der Waals surface area (Å²) < 4.78 is 45.3. The van der Waals surface area contributed by atoms with Gasteiger partial charge in [-0.15, -0.1) is 0 Å². The largest absolute Gasteiger partial charge is 0.443 e. The van der Waals surface area contributed by atoms with Crippen molar-refractivity contribution in [3.63, 3.8) is 0 Å². The number of anilines is 1. The van der Waals surface area contributed by atoms with Crippen LogP contribution < -0.4 is 10.9 Å². The monoisotopic (exact) mass is 365 g/mol. The van der Waals surface area contributed by atoms with E-state index in [4.69, 9.17) is 4.42 Å². The zero-order chi connectivity index (χ0) is 19.1. The van der Waals surface area contributed by atoms with E-state index in [1.165, 1.54) is 12.1 Å². The predicted octanol–water partition coefficient (Wildman–Crippen LogP) is 3.26. The molecule has 1 amide bonds. The minimum atomic E-state index is -4.60. The van der Waals surface area contributed by atoms with Gasteiger partial charge in [0.25, 0.3) is 5.56 Å². The first-order valence-corrected chi connectivity index (χ1v) is 7.59. The first-order chi connectivity index (χ1) is 12.2. The van der Waals surface area contributed by atoms with Crippen LogP contribution in [0.2, 0.25) is 0 Å². The quantitative estimate of drug-likeness (QED) is 0.773. The van der Waals surface area contributed by atoms with Gasteiger partial charge in [-0.05, 0) is 26.0 Å². The summed E-state index contributed by atoms with van der Waals surface area (Å²) in [4.78, 5) is 28.6. The van der Waals surface area contributed by atoms with Gasteiger partial charge in [0.1, 0.15) is 24.0 Å². The number of alkyl halides is 3. The van der Waals surface area contributed by atoms with Crippen LogP contribution in [0.25, 0.3) is 11.1 Å². The van der Waals surface area contributed by atoms with E-state index in [-0.39, 0.29) is 16.8 Å². The number of hydrogen-bond donors (Lipinski definition) is 1. The highest BCUT2D eigenvalue weighted by atomic mass is 19.4. The normalized spacial score (nSPS) is 11.7. The molecule has 136 valence electrons. The summed E-state index contributed by atoms with van der Waals surface area (Å²) in [6.07, 6.45) is -3.48. The van der Waals surface area contributed by atoms with Crippen molar-refractivity contribution in [3.8, 4) is 0 Å². The van der Waals surface area contributed by atoms with Crippen LogP contribution in [0.3, 0.4) is 0 Å². The lowest BCUT2D eigenvalue weighted by Crippen LogP contribution is -2.28. The Morgan fingerprint density at radius 1 is 1.27 bits per heavy atom. The van der Waals surface area contributed by atoms with Crippen LogP contribution in [0.1, 0.15) is 16.9 Å². The van der Waals surface area contributed by atoms with Crippen molar-refractivity contribution in [2.75, 3.05) is 5.32 Å². The molecule has 0 aliphatic rings. The number of para-hydroxylation sites is 1. The van der Waals surface area contributed by atoms with Gasteiger partial charge < -0.3 is 9.73 Å². The Bertz CT molecular complexity index is 1050. The highest BCUT2D eigenvalue weighted by Crippen LogP contribution is 2.34. The highest BCUT2D eigenvalue weighted by Gasteiger charge is 2.33. The zero-order valence-electron chi connectivity index (χ0n) is 13.8. The molecule has 3 aromatic rings. The molecule has 0 fully saturated rings. The third-order valence-corrected chi connectivity index (χ3v) is 3.98. The molecule has 0 saturated carbocycles. The average Bonchev–Trinajstić information content (AvgIpc) is 2.85. The van der Waals surface area contributed by atoms with Gasteiger partial charge in [0, 0.05) is 5.56 Å². The number of amides is 1. The molecular formula is C17H14F3N3O3. The Kier molecular flexibility index (Phi) is 4.31. The Morgan fingerprint density at radius 2 is 1.96 bits per heavy atom. The summed E-state index contributed by atoms with van der Waals surface area (Å²) in [5, 5.41) is 2.43. The molecule has 0 atom stereocenters. The molecule has 0 aliphatic carbocycles. The fraction of sp³-hybridized carbons (Fsp3) is 0.235. The van der Waals surface area contributed by atoms with E-state index in [2.05, 4.69) is 10.3 Å². The molecule has 2 heterocycles. The van der Waals surface area contributed by atoms with E-state index in [0.29, 0.717) is 11.3 Å². The Balaban J connectivity index is 1.88. The van der Waals surface area contributed by atoms with Crippen molar-refractivity contribution in [3.05, 3.63) is 57.8 Å². The molecule has 1 N–H and O–H groups in total. The summed E-state index contributed by atoms with van der Waals surface area (Å²) in [5.41, 5.74) is -1.07. The number of hydrogen-bond acceptors (Lipinski definition) is 4. The maximum atomic E-state index is 13.0. The highest BCUT2D eigenvalue weighted by molar-refractivity contribution is 5.91. The third kappa shape index (κ3) is 3.19. The van der Waals surface area contributed by atoms with Crippen molar-refractivity contribution in [2.24, 2.45) is 0 Å². The van der Waals surface area contributed by atoms with E-state index in [9.17, 15) is 22.8 Å².